The fourth-order valence-corrected chi connectivity index (χ4v) is 0.388. The van der Waals surface area contributed by atoms with Gasteiger partial charge in [0, 0.05) is 6.92 Å². The van der Waals surface area contributed by atoms with Crippen molar-refractivity contribution in [1.82, 2.24) is 0 Å². The van der Waals surface area contributed by atoms with Gasteiger partial charge in [0.2, 0.25) is 5.11 Å². The first-order valence-corrected chi connectivity index (χ1v) is 24.4. The van der Waals surface area contributed by atoms with Crippen LogP contribution in [0.2, 0.25) is 0 Å². The van der Waals surface area contributed by atoms with Gasteiger partial charge in [0.15, 0.2) is 0 Å². The zero-order chi connectivity index (χ0) is 16.0. The molecule has 0 fully saturated rings. The van der Waals surface area contributed by atoms with Crippen LogP contribution in [0.1, 0.15) is 27.7 Å². The van der Waals surface area contributed by atoms with E-state index in [-0.39, 0.29) is 0 Å². The van der Waals surface area contributed by atoms with E-state index in [0.717, 1.165) is 5.71 Å². The van der Waals surface area contributed by atoms with E-state index < -0.39 is 15.2 Å². The van der Waals surface area contributed by atoms with Gasteiger partial charge in [0.05, 0.1) is 17.3 Å². The third-order valence-electron chi connectivity index (χ3n) is 1.39. The minimum absolute atomic E-state index is 0.308. The van der Waals surface area contributed by atoms with Gasteiger partial charge in [-0.1, -0.05) is 13.8 Å². The van der Waals surface area contributed by atoms with Crippen molar-refractivity contribution in [2.24, 2.45) is 11.0 Å². The summed E-state index contributed by atoms with van der Waals surface area (Å²) in [6.45, 7) is 7.86. The molecule has 0 aromatic heterocycles. The molecule has 0 heterocycles. The van der Waals surface area contributed by atoms with Gasteiger partial charge in [-0.25, -0.2) is 4.79 Å². The molecule has 0 spiro atoms. The Morgan fingerprint density at radius 3 is 1.84 bits per heavy atom. The van der Waals surface area contributed by atoms with E-state index in [1.807, 2.05) is 20.8 Å². The molecule has 1 amide bonds. The molecule has 0 unspecified atom stereocenters. The van der Waals surface area contributed by atoms with Gasteiger partial charge in [0.25, 0.3) is 0 Å². The fourth-order valence-electron chi connectivity index (χ4n) is 0.388. The zero-order valence-corrected chi connectivity index (χ0v) is 17.8. The summed E-state index contributed by atoms with van der Waals surface area (Å²) in [4.78, 5) is 14.4. The summed E-state index contributed by atoms with van der Waals surface area (Å²) in [5.74, 6) is 0.308. The van der Waals surface area contributed by atoms with Gasteiger partial charge in [-0.2, -0.15) is 0 Å². The number of carbonyl (C=O) groups is 1. The molecule has 0 bridgehead atoms. The second kappa shape index (κ2) is 7.60. The van der Waals surface area contributed by atoms with E-state index in [4.69, 9.17) is 53.0 Å². The van der Waals surface area contributed by atoms with Crippen molar-refractivity contribution in [3.8, 4) is 0 Å². The molecule has 0 aromatic carbocycles. The van der Waals surface area contributed by atoms with Gasteiger partial charge < -0.3 is 4.74 Å². The summed E-state index contributed by atoms with van der Waals surface area (Å²) in [6, 6.07) is 0. The molecular formula is C8H15Cl6N2O2Sb. The number of rotatable bonds is 2. The topological polar surface area (TPSA) is 52.8 Å². The van der Waals surface area contributed by atoms with Gasteiger partial charge in [0.1, 0.15) is 0 Å². The van der Waals surface area contributed by atoms with Gasteiger partial charge >= 0.3 is 73.9 Å². The van der Waals surface area contributed by atoms with E-state index in [9.17, 15) is 4.79 Å². The normalized spacial score (nSPS) is 14.3. The van der Waals surface area contributed by atoms with Crippen molar-refractivity contribution >= 4 is 73.9 Å². The number of hydrogen-bond donors (Lipinski definition) is 0. The molecule has 116 valence electrons. The number of amides is 1. The number of halogens is 6. The quantitative estimate of drug-likeness (QED) is 0.210. The first kappa shape index (κ1) is 22.7. The Labute approximate surface area is 132 Å². The first-order valence-electron chi connectivity index (χ1n) is 5.01. The van der Waals surface area contributed by atoms with Gasteiger partial charge in [-0.3, -0.25) is 0 Å². The molecule has 0 aromatic rings. The van der Waals surface area contributed by atoms with Crippen molar-refractivity contribution in [2.75, 3.05) is 6.61 Å². The molecule has 0 saturated carbocycles. The summed E-state index contributed by atoms with van der Waals surface area (Å²) < 4.78 is 4.56. The summed E-state index contributed by atoms with van der Waals surface area (Å²) in [6.07, 6.45) is -0.627. The van der Waals surface area contributed by atoms with Crippen molar-refractivity contribution < 1.29 is 14.3 Å². The second-order valence-corrected chi connectivity index (χ2v) is 60.6. The third kappa shape index (κ3) is 32.7. The number of hydrogen-bond acceptors (Lipinski definition) is 2. The Hall–Kier alpha value is 1.41. The molecule has 0 saturated heterocycles. The van der Waals surface area contributed by atoms with Crippen LogP contribution in [0, 0.1) is 5.92 Å². The van der Waals surface area contributed by atoms with Gasteiger partial charge in [-0.05, 0) is 6.92 Å². The minimum atomic E-state index is -5.42. The maximum absolute atomic E-state index is 10.7. The molecule has 0 aliphatic carbocycles. The van der Waals surface area contributed by atoms with Crippen molar-refractivity contribution in [1.29, 1.82) is 0 Å². The van der Waals surface area contributed by atoms with Crippen LogP contribution in [0.25, 0.3) is 0 Å². The molecule has 0 radical (unpaired) electrons. The Kier molecular flexibility index (Phi) is 9.08. The Balaban J connectivity index is 0. The van der Waals surface area contributed by atoms with E-state index in [1.54, 1.807) is 6.92 Å². The molecule has 4 nitrogen and oxygen atoms in total. The molecule has 19 heavy (non-hydrogen) atoms. The fraction of sp³-hybridized carbons (Fsp3) is 0.750. The van der Waals surface area contributed by atoms with Crippen LogP contribution >= 0.6 is 53.0 Å². The van der Waals surface area contributed by atoms with Crippen LogP contribution in [0.3, 0.4) is 0 Å². The van der Waals surface area contributed by atoms with Crippen LogP contribution in [0.4, 0.5) is 4.79 Å². The molecule has 0 N–H and O–H groups in total. The second-order valence-electron chi connectivity index (χ2n) is 3.65. The molecule has 0 rings (SSSR count). The van der Waals surface area contributed by atoms with Crippen LogP contribution in [-0.2, 0) is 4.74 Å². The first-order chi connectivity index (χ1) is 8.02. The average Bonchev–Trinajstić information content (AvgIpc) is 2.09. The van der Waals surface area contributed by atoms with E-state index >= 15 is 0 Å². The predicted molar refractivity (Wildman–Crippen MR) is 86.1 cm³/mol. The van der Waals surface area contributed by atoms with Crippen LogP contribution in [-0.4, -0.2) is 32.3 Å². The Morgan fingerprint density at radius 1 is 1.21 bits per heavy atom. The SMILES string of the molecule is CCOC(=O)N=[N+]=C(C)C(C)C.[Cl][Sb-]([Cl])([Cl])([Cl])([Cl])[Cl]. The summed E-state index contributed by atoms with van der Waals surface area (Å²) in [5.41, 5.74) is 0.822. The van der Waals surface area contributed by atoms with Crippen LogP contribution in [0.5, 0.6) is 0 Å². The van der Waals surface area contributed by atoms with Crippen molar-refractivity contribution in [3.05, 3.63) is 0 Å². The summed E-state index contributed by atoms with van der Waals surface area (Å²) in [7, 11) is 25.0. The van der Waals surface area contributed by atoms with E-state index in [0.29, 0.717) is 12.5 Å². The average molecular weight is 506 g/mol. The molecular weight excluding hydrogens is 491 g/mol. The van der Waals surface area contributed by atoms with Crippen LogP contribution < -0.4 is 0 Å². The van der Waals surface area contributed by atoms with Crippen molar-refractivity contribution in [2.45, 2.75) is 27.7 Å². The predicted octanol–water partition coefficient (Wildman–Crippen LogP) is 5.68. The van der Waals surface area contributed by atoms with E-state index in [2.05, 4.69) is 14.6 Å². The third-order valence-corrected chi connectivity index (χ3v) is 1.39. The molecule has 11 heteroatoms. The van der Waals surface area contributed by atoms with Crippen LogP contribution in [0.15, 0.2) is 5.11 Å². The molecule has 0 aliphatic rings. The Bertz CT molecular complexity index is 371. The molecule has 0 atom stereocenters. The Morgan fingerprint density at radius 2 is 1.58 bits per heavy atom. The monoisotopic (exact) mass is 502 g/mol. The standard InChI is InChI=1S/C8H15N2O2.6ClH.Sb/c1-5-12-8(11)10-9-7(4)6(2)3;;;;;;;/h6H,5H2,1-4H3;6*1H;/q+1;;;;;;;+5/p-6. The number of ether oxygens (including phenoxy) is 1. The summed E-state index contributed by atoms with van der Waals surface area (Å²) >= 11 is 0. The number of nitrogens with zero attached hydrogens (tertiary/aromatic N) is 2. The summed E-state index contributed by atoms with van der Waals surface area (Å²) in [5, 5.41) is 3.36. The van der Waals surface area contributed by atoms with Gasteiger partial charge in [-0.15, -0.1) is 0 Å². The van der Waals surface area contributed by atoms with E-state index in [1.165, 1.54) is 0 Å². The maximum atomic E-state index is 10.7. The molecule has 0 aliphatic heterocycles. The zero-order valence-electron chi connectivity index (χ0n) is 10.7. The van der Waals surface area contributed by atoms with Crippen molar-refractivity contribution in [3.63, 3.8) is 0 Å². The number of carbonyl (C=O) groups excluding carboxylic acids is 1.